The molecule has 1 saturated carbocycles. The normalized spacial score (nSPS) is 20.1. The van der Waals surface area contributed by atoms with Crippen LogP contribution in [0.1, 0.15) is 77.6 Å². The van der Waals surface area contributed by atoms with Gasteiger partial charge in [-0.05, 0) is 19.3 Å². The van der Waals surface area contributed by atoms with E-state index in [1.54, 1.807) is 0 Å². The molecule has 0 bridgehead atoms. The van der Waals surface area contributed by atoms with Crippen molar-refractivity contribution in [3.63, 3.8) is 0 Å². The van der Waals surface area contributed by atoms with Crippen LogP contribution < -0.4 is 0 Å². The van der Waals surface area contributed by atoms with Crippen LogP contribution in [-0.2, 0) is 9.84 Å². The Hall–Kier alpha value is -0.470. The minimum Gasteiger partial charge on any atom is -0.225 e. The lowest BCUT2D eigenvalue weighted by Gasteiger charge is -2.40. The quantitative estimate of drug-likeness (QED) is 0.317. The van der Waals surface area contributed by atoms with Crippen molar-refractivity contribution in [3.8, 4) is 0 Å². The number of alkyl halides is 6. The van der Waals surface area contributed by atoms with E-state index in [1.807, 2.05) is 6.92 Å². The fourth-order valence-electron chi connectivity index (χ4n) is 3.51. The summed E-state index contributed by atoms with van der Waals surface area (Å²) in [6, 6.07) is 0. The highest BCUT2D eigenvalue weighted by atomic mass is 32.2. The molecule has 2 nitrogen and oxygen atoms in total. The van der Waals surface area contributed by atoms with Gasteiger partial charge in [-0.15, -0.1) is 0 Å². The summed E-state index contributed by atoms with van der Waals surface area (Å²) in [4.78, 5) is 0. The summed E-state index contributed by atoms with van der Waals surface area (Å²) in [6.45, 7) is 1.96. The van der Waals surface area contributed by atoms with E-state index in [9.17, 15) is 34.8 Å². The molecule has 1 rings (SSSR count). The Bertz CT molecular complexity index is 526. The molecule has 0 aromatic heterocycles. The monoisotopic (exact) mass is 410 g/mol. The van der Waals surface area contributed by atoms with Crippen molar-refractivity contribution >= 4 is 9.84 Å². The van der Waals surface area contributed by atoms with E-state index >= 15 is 0 Å². The van der Waals surface area contributed by atoms with Gasteiger partial charge in [0.25, 0.3) is 0 Å². The van der Waals surface area contributed by atoms with Crippen LogP contribution in [0.15, 0.2) is 0 Å². The fraction of sp³-hybridized carbons (Fsp3) is 1.00. The molecular formula is C17H28F6O2S. The van der Waals surface area contributed by atoms with Crippen LogP contribution in [0.5, 0.6) is 0 Å². The molecule has 0 aromatic rings. The Morgan fingerprint density at radius 1 is 0.808 bits per heavy atom. The summed E-state index contributed by atoms with van der Waals surface area (Å²) in [5, 5.41) is -5.53. The molecule has 26 heavy (non-hydrogen) atoms. The Labute approximate surface area is 151 Å². The number of rotatable bonds is 10. The van der Waals surface area contributed by atoms with E-state index in [1.165, 1.54) is 0 Å². The minimum absolute atomic E-state index is 0.242. The number of sulfone groups is 1. The van der Waals surface area contributed by atoms with Crippen LogP contribution in [-0.4, -0.2) is 31.3 Å². The maximum atomic E-state index is 14.8. The van der Waals surface area contributed by atoms with E-state index < -0.39 is 38.6 Å². The molecule has 0 N–H and O–H groups in total. The summed E-state index contributed by atoms with van der Waals surface area (Å²) in [7, 11) is -5.72. The van der Waals surface area contributed by atoms with Gasteiger partial charge in [0.05, 0.1) is 5.75 Å². The Kier molecular flexibility index (Phi) is 8.29. The molecule has 1 atom stereocenters. The SMILES string of the molecule is CCCCCCCCS(=O)(=O)C(F)(C(F)(F)F)C(F)(F)C1CCCCC1. The van der Waals surface area contributed by atoms with Gasteiger partial charge in [0, 0.05) is 5.92 Å². The molecule has 0 radical (unpaired) electrons. The van der Waals surface area contributed by atoms with Gasteiger partial charge in [0.15, 0.2) is 0 Å². The highest BCUT2D eigenvalue weighted by molar-refractivity contribution is 7.92. The molecule has 156 valence electrons. The van der Waals surface area contributed by atoms with E-state index in [0.717, 1.165) is 19.3 Å². The first-order valence-corrected chi connectivity index (χ1v) is 10.9. The van der Waals surface area contributed by atoms with Gasteiger partial charge in [-0.25, -0.2) is 21.6 Å². The fourth-order valence-corrected chi connectivity index (χ4v) is 5.31. The van der Waals surface area contributed by atoms with Crippen molar-refractivity contribution in [1.29, 1.82) is 0 Å². The lowest BCUT2D eigenvalue weighted by Crippen LogP contribution is -2.63. The smallest absolute Gasteiger partial charge is 0.225 e. The molecular weight excluding hydrogens is 382 g/mol. The summed E-state index contributed by atoms with van der Waals surface area (Å²) in [6.07, 6.45) is -2.56. The first kappa shape index (κ1) is 23.6. The van der Waals surface area contributed by atoms with Crippen molar-refractivity contribution in [3.05, 3.63) is 0 Å². The zero-order chi connectivity index (χ0) is 20.1. The third-order valence-electron chi connectivity index (χ3n) is 5.11. The number of unbranched alkanes of at least 4 members (excludes halogenated alkanes) is 5. The van der Waals surface area contributed by atoms with Crippen molar-refractivity contribution in [2.24, 2.45) is 5.92 Å². The Morgan fingerprint density at radius 3 is 1.81 bits per heavy atom. The molecule has 0 heterocycles. The molecule has 0 amide bonds. The summed E-state index contributed by atoms with van der Waals surface area (Å²) >= 11 is 0. The van der Waals surface area contributed by atoms with Crippen molar-refractivity contribution in [2.45, 2.75) is 94.7 Å². The van der Waals surface area contributed by atoms with Crippen LogP contribution in [0.2, 0.25) is 0 Å². The predicted molar refractivity (Wildman–Crippen MR) is 88.6 cm³/mol. The maximum Gasteiger partial charge on any atom is 0.443 e. The van der Waals surface area contributed by atoms with Gasteiger partial charge in [0.2, 0.25) is 9.84 Å². The molecule has 1 unspecified atom stereocenters. The predicted octanol–water partition coefficient (Wildman–Crippen LogP) is 6.21. The molecule has 0 aliphatic heterocycles. The largest absolute Gasteiger partial charge is 0.443 e. The zero-order valence-electron chi connectivity index (χ0n) is 15.1. The average Bonchev–Trinajstić information content (AvgIpc) is 2.56. The van der Waals surface area contributed by atoms with Gasteiger partial charge in [-0.3, -0.25) is 0 Å². The number of halogens is 6. The van der Waals surface area contributed by atoms with Gasteiger partial charge in [-0.2, -0.15) is 13.2 Å². The summed E-state index contributed by atoms with van der Waals surface area (Å²) < 4.78 is 108. The third-order valence-corrected chi connectivity index (χ3v) is 7.29. The molecule has 0 aromatic carbocycles. The van der Waals surface area contributed by atoms with E-state index in [0.29, 0.717) is 12.8 Å². The van der Waals surface area contributed by atoms with Crippen molar-refractivity contribution in [1.82, 2.24) is 0 Å². The summed E-state index contributed by atoms with van der Waals surface area (Å²) in [5.41, 5.74) is 0. The van der Waals surface area contributed by atoms with Crippen LogP contribution in [0, 0.1) is 5.92 Å². The topological polar surface area (TPSA) is 34.1 Å². The average molecular weight is 410 g/mol. The molecule has 1 aliphatic carbocycles. The van der Waals surface area contributed by atoms with E-state index in [4.69, 9.17) is 0 Å². The second kappa shape index (κ2) is 9.15. The van der Waals surface area contributed by atoms with Gasteiger partial charge in [-0.1, -0.05) is 58.3 Å². The van der Waals surface area contributed by atoms with E-state index in [-0.39, 0.29) is 38.5 Å². The molecule has 0 saturated heterocycles. The first-order chi connectivity index (χ1) is 11.9. The minimum atomic E-state index is -6.19. The zero-order valence-corrected chi connectivity index (χ0v) is 15.9. The van der Waals surface area contributed by atoms with Gasteiger partial charge < -0.3 is 0 Å². The Morgan fingerprint density at radius 2 is 1.31 bits per heavy atom. The highest BCUT2D eigenvalue weighted by Gasteiger charge is 2.79. The molecule has 1 fully saturated rings. The van der Waals surface area contributed by atoms with Crippen molar-refractivity contribution < 1.29 is 34.8 Å². The third kappa shape index (κ3) is 4.87. The summed E-state index contributed by atoms with van der Waals surface area (Å²) in [5.74, 6) is -8.13. The van der Waals surface area contributed by atoms with Crippen molar-refractivity contribution in [2.75, 3.05) is 5.75 Å². The second-order valence-electron chi connectivity index (χ2n) is 7.14. The maximum absolute atomic E-state index is 14.8. The van der Waals surface area contributed by atoms with Gasteiger partial charge in [0.1, 0.15) is 0 Å². The van der Waals surface area contributed by atoms with Crippen LogP contribution in [0.25, 0.3) is 0 Å². The second-order valence-corrected chi connectivity index (χ2v) is 9.34. The van der Waals surface area contributed by atoms with Gasteiger partial charge >= 0.3 is 17.1 Å². The molecule has 1 aliphatic rings. The molecule has 0 spiro atoms. The lowest BCUT2D eigenvalue weighted by molar-refractivity contribution is -0.280. The number of hydrogen-bond donors (Lipinski definition) is 0. The number of hydrogen-bond acceptors (Lipinski definition) is 2. The van der Waals surface area contributed by atoms with Crippen LogP contribution in [0.3, 0.4) is 0 Å². The van der Waals surface area contributed by atoms with E-state index in [2.05, 4.69) is 0 Å². The highest BCUT2D eigenvalue weighted by Crippen LogP contribution is 2.55. The Balaban J connectivity index is 2.99. The molecule has 9 heteroatoms. The van der Waals surface area contributed by atoms with Crippen LogP contribution >= 0.6 is 0 Å². The lowest BCUT2D eigenvalue weighted by atomic mass is 9.82. The van der Waals surface area contributed by atoms with Crippen LogP contribution in [0.4, 0.5) is 26.3 Å². The first-order valence-electron chi connectivity index (χ1n) is 9.27. The standard InChI is InChI=1S/C17H28F6O2S/c1-2-3-4-5-6-10-13-26(24,25)16(20,17(21,22)23)15(18,19)14-11-8-7-9-12-14/h14H,2-13H2,1H3.